The van der Waals surface area contributed by atoms with E-state index >= 15 is 0 Å². The van der Waals surface area contributed by atoms with Crippen LogP contribution in [0.1, 0.15) is 12.8 Å². The molecule has 1 fully saturated rings. The SMILES string of the molecule is Cn1cc(-c2ccc3nnc(NC(=O)C4CCN(CCO)CC4)cc3c2)cn1. The molecule has 28 heavy (non-hydrogen) atoms. The maximum atomic E-state index is 12.6. The topological polar surface area (TPSA) is 96.2 Å². The van der Waals surface area contributed by atoms with Crippen LogP contribution in [0.15, 0.2) is 36.7 Å². The Morgan fingerprint density at radius 2 is 2.04 bits per heavy atom. The van der Waals surface area contributed by atoms with Gasteiger partial charge in [-0.1, -0.05) is 6.07 Å². The largest absolute Gasteiger partial charge is 0.395 e. The Labute approximate surface area is 163 Å². The van der Waals surface area contributed by atoms with Crippen LogP contribution in [0.3, 0.4) is 0 Å². The Morgan fingerprint density at radius 3 is 2.75 bits per heavy atom. The number of nitrogens with zero attached hydrogens (tertiary/aromatic N) is 5. The molecule has 8 heteroatoms. The lowest BCUT2D eigenvalue weighted by molar-refractivity contribution is -0.121. The summed E-state index contributed by atoms with van der Waals surface area (Å²) in [6.45, 7) is 2.49. The number of piperidine rings is 1. The third-order valence-electron chi connectivity index (χ3n) is 5.25. The summed E-state index contributed by atoms with van der Waals surface area (Å²) in [5.74, 6) is 0.425. The average Bonchev–Trinajstić information content (AvgIpc) is 3.14. The van der Waals surface area contributed by atoms with Gasteiger partial charge in [0.1, 0.15) is 0 Å². The van der Waals surface area contributed by atoms with E-state index in [0.29, 0.717) is 12.4 Å². The van der Waals surface area contributed by atoms with E-state index in [4.69, 9.17) is 5.11 Å². The molecule has 0 aliphatic carbocycles. The van der Waals surface area contributed by atoms with Crippen LogP contribution in [0.2, 0.25) is 0 Å². The maximum Gasteiger partial charge on any atom is 0.228 e. The van der Waals surface area contributed by atoms with Crippen LogP contribution in [0.25, 0.3) is 22.0 Å². The second-order valence-electron chi connectivity index (χ2n) is 7.23. The van der Waals surface area contributed by atoms with Gasteiger partial charge in [0, 0.05) is 36.7 Å². The predicted molar refractivity (Wildman–Crippen MR) is 107 cm³/mol. The number of amides is 1. The number of likely N-dealkylation sites (tertiary alicyclic amines) is 1. The number of aliphatic hydroxyl groups is 1. The van der Waals surface area contributed by atoms with Crippen LogP contribution in [0.5, 0.6) is 0 Å². The number of aromatic nitrogens is 4. The molecular weight excluding hydrogens is 356 g/mol. The molecule has 0 unspecified atom stereocenters. The van der Waals surface area contributed by atoms with Gasteiger partial charge in [0.2, 0.25) is 5.91 Å². The van der Waals surface area contributed by atoms with Crippen molar-refractivity contribution in [3.05, 3.63) is 36.7 Å². The highest BCUT2D eigenvalue weighted by Gasteiger charge is 2.25. The zero-order valence-electron chi connectivity index (χ0n) is 15.9. The number of fused-ring (bicyclic) bond motifs is 1. The summed E-state index contributed by atoms with van der Waals surface area (Å²) in [6, 6.07) is 7.81. The van der Waals surface area contributed by atoms with E-state index in [1.165, 1.54) is 0 Å². The molecule has 0 bridgehead atoms. The van der Waals surface area contributed by atoms with E-state index in [2.05, 4.69) is 25.5 Å². The van der Waals surface area contributed by atoms with Crippen molar-refractivity contribution in [3.63, 3.8) is 0 Å². The van der Waals surface area contributed by atoms with Crippen molar-refractivity contribution in [2.45, 2.75) is 12.8 Å². The Balaban J connectivity index is 1.47. The zero-order chi connectivity index (χ0) is 19.5. The summed E-state index contributed by atoms with van der Waals surface area (Å²) in [7, 11) is 1.89. The van der Waals surface area contributed by atoms with E-state index < -0.39 is 0 Å². The maximum absolute atomic E-state index is 12.6. The van der Waals surface area contributed by atoms with Crippen molar-refractivity contribution in [3.8, 4) is 11.1 Å². The van der Waals surface area contributed by atoms with Gasteiger partial charge in [-0.25, -0.2) is 0 Å². The lowest BCUT2D eigenvalue weighted by Gasteiger charge is -2.30. The normalized spacial score (nSPS) is 15.8. The molecule has 1 aliphatic heterocycles. The number of carbonyl (C=O) groups excluding carboxylic acids is 1. The highest BCUT2D eigenvalue weighted by molar-refractivity contribution is 5.94. The highest BCUT2D eigenvalue weighted by atomic mass is 16.3. The van der Waals surface area contributed by atoms with Gasteiger partial charge in [-0.05, 0) is 49.7 Å². The number of nitrogens with one attached hydrogen (secondary N) is 1. The van der Waals surface area contributed by atoms with Crippen LogP contribution >= 0.6 is 0 Å². The molecule has 0 atom stereocenters. The first-order chi connectivity index (χ1) is 13.6. The third-order valence-corrected chi connectivity index (χ3v) is 5.25. The quantitative estimate of drug-likeness (QED) is 0.699. The zero-order valence-corrected chi connectivity index (χ0v) is 15.9. The van der Waals surface area contributed by atoms with Gasteiger partial charge in [-0.15, -0.1) is 10.2 Å². The number of hydrogen-bond acceptors (Lipinski definition) is 6. The van der Waals surface area contributed by atoms with Crippen molar-refractivity contribution in [2.24, 2.45) is 13.0 Å². The number of carbonyl (C=O) groups is 1. The summed E-state index contributed by atoms with van der Waals surface area (Å²) >= 11 is 0. The summed E-state index contributed by atoms with van der Waals surface area (Å²) < 4.78 is 1.77. The van der Waals surface area contributed by atoms with Crippen LogP contribution in [0, 0.1) is 5.92 Å². The second-order valence-corrected chi connectivity index (χ2v) is 7.23. The number of anilines is 1. The van der Waals surface area contributed by atoms with Gasteiger partial charge in [-0.2, -0.15) is 5.10 Å². The molecule has 2 aromatic heterocycles. The molecule has 0 spiro atoms. The van der Waals surface area contributed by atoms with Crippen molar-refractivity contribution >= 4 is 22.6 Å². The number of hydrogen-bond donors (Lipinski definition) is 2. The summed E-state index contributed by atoms with van der Waals surface area (Å²) in [5, 5.41) is 25.5. The second kappa shape index (κ2) is 8.04. The molecule has 0 saturated carbocycles. The Hall–Kier alpha value is -2.84. The molecule has 1 saturated heterocycles. The minimum absolute atomic E-state index is 0.0132. The predicted octanol–water partition coefficient (Wildman–Crippen LogP) is 1.67. The molecule has 146 valence electrons. The first-order valence-corrected chi connectivity index (χ1v) is 9.53. The van der Waals surface area contributed by atoms with Gasteiger partial charge in [0.05, 0.1) is 18.3 Å². The monoisotopic (exact) mass is 380 g/mol. The first kappa shape index (κ1) is 18.5. The van der Waals surface area contributed by atoms with Crippen molar-refractivity contribution in [1.82, 2.24) is 24.9 Å². The summed E-state index contributed by atoms with van der Waals surface area (Å²) in [6.07, 6.45) is 5.36. The molecular formula is C20H24N6O2. The number of aryl methyl sites for hydroxylation is 1. The fourth-order valence-corrected chi connectivity index (χ4v) is 3.64. The van der Waals surface area contributed by atoms with Crippen molar-refractivity contribution in [1.29, 1.82) is 0 Å². The molecule has 1 aromatic carbocycles. The molecule has 3 aromatic rings. The standard InChI is InChI=1S/C20H24N6O2/c1-25-13-17(12-21-25)15-2-3-18-16(10-15)11-19(24-23-18)22-20(28)14-4-6-26(7-5-14)8-9-27/h2-3,10-14,27H,4-9H2,1H3,(H,22,24,28). The van der Waals surface area contributed by atoms with Crippen LogP contribution < -0.4 is 5.32 Å². The van der Waals surface area contributed by atoms with Crippen molar-refractivity contribution in [2.75, 3.05) is 31.6 Å². The Kier molecular flexibility index (Phi) is 5.31. The molecule has 3 heterocycles. The summed E-state index contributed by atoms with van der Waals surface area (Å²) in [5.41, 5.74) is 2.85. The van der Waals surface area contributed by atoms with E-state index in [1.807, 2.05) is 43.7 Å². The van der Waals surface area contributed by atoms with E-state index in [0.717, 1.165) is 48.0 Å². The smallest absolute Gasteiger partial charge is 0.228 e. The van der Waals surface area contributed by atoms with E-state index in [9.17, 15) is 4.79 Å². The molecule has 1 aliphatic rings. The van der Waals surface area contributed by atoms with Gasteiger partial charge in [0.25, 0.3) is 0 Å². The Morgan fingerprint density at radius 1 is 1.21 bits per heavy atom. The third kappa shape index (κ3) is 4.02. The van der Waals surface area contributed by atoms with Crippen molar-refractivity contribution < 1.29 is 9.90 Å². The highest BCUT2D eigenvalue weighted by Crippen LogP contribution is 2.25. The average molecular weight is 380 g/mol. The van der Waals surface area contributed by atoms with Crippen LogP contribution in [-0.4, -0.2) is 62.1 Å². The fourth-order valence-electron chi connectivity index (χ4n) is 3.64. The molecule has 2 N–H and O–H groups in total. The van der Waals surface area contributed by atoms with Gasteiger partial charge >= 0.3 is 0 Å². The number of aliphatic hydroxyl groups excluding tert-OH is 1. The van der Waals surface area contributed by atoms with Crippen LogP contribution in [0.4, 0.5) is 5.82 Å². The molecule has 1 amide bonds. The van der Waals surface area contributed by atoms with Gasteiger partial charge < -0.3 is 15.3 Å². The Bertz CT molecular complexity index is 978. The van der Waals surface area contributed by atoms with Crippen LogP contribution in [-0.2, 0) is 11.8 Å². The minimum Gasteiger partial charge on any atom is -0.395 e. The fraction of sp³-hybridized carbons (Fsp3) is 0.400. The lowest BCUT2D eigenvalue weighted by Crippen LogP contribution is -2.39. The van der Waals surface area contributed by atoms with E-state index in [1.54, 1.807) is 4.68 Å². The van der Waals surface area contributed by atoms with E-state index in [-0.39, 0.29) is 18.4 Å². The molecule has 4 rings (SSSR count). The molecule has 8 nitrogen and oxygen atoms in total. The van der Waals surface area contributed by atoms with Gasteiger partial charge in [-0.3, -0.25) is 9.48 Å². The number of rotatable bonds is 5. The number of β-amino-alcohol motifs (C(OH)–C–C–N with tert-alkyl or cyclic N) is 1. The van der Waals surface area contributed by atoms with Gasteiger partial charge in [0.15, 0.2) is 5.82 Å². The first-order valence-electron chi connectivity index (χ1n) is 9.53. The lowest BCUT2D eigenvalue weighted by atomic mass is 9.96. The summed E-state index contributed by atoms with van der Waals surface area (Å²) in [4.78, 5) is 14.8. The molecule has 0 radical (unpaired) electrons. The number of benzene rings is 1. The minimum atomic E-state index is -0.0332.